The second-order valence-electron chi connectivity index (χ2n) is 2.38. The van der Waals surface area contributed by atoms with Gasteiger partial charge in [0, 0.05) is 10.6 Å². The maximum atomic E-state index is 7.14. The van der Waals surface area contributed by atoms with Gasteiger partial charge in [0.15, 0.2) is 0 Å². The number of amidine groups is 1. The second-order valence-corrected chi connectivity index (χ2v) is 2.78. The lowest BCUT2D eigenvalue weighted by Gasteiger charge is -2.00. The van der Waals surface area contributed by atoms with Crippen LogP contribution >= 0.6 is 24.0 Å². The van der Waals surface area contributed by atoms with Crippen LogP contribution in [-0.2, 0) is 0 Å². The molecule has 0 aliphatic rings. The summed E-state index contributed by atoms with van der Waals surface area (Å²) in [5, 5.41) is 7.84. The van der Waals surface area contributed by atoms with Gasteiger partial charge in [-0.15, -0.1) is 12.4 Å². The van der Waals surface area contributed by atoms with Crippen LogP contribution in [-0.4, -0.2) is 5.84 Å². The van der Waals surface area contributed by atoms with Crippen molar-refractivity contribution in [2.45, 2.75) is 6.92 Å². The zero-order chi connectivity index (χ0) is 8.43. The van der Waals surface area contributed by atoms with Gasteiger partial charge >= 0.3 is 0 Å². The average Bonchev–Trinajstić information content (AvgIpc) is 1.94. The van der Waals surface area contributed by atoms with E-state index in [2.05, 4.69) is 0 Å². The van der Waals surface area contributed by atoms with Gasteiger partial charge in [-0.25, -0.2) is 0 Å². The highest BCUT2D eigenvalue weighted by Crippen LogP contribution is 2.15. The Labute approximate surface area is 82.6 Å². The van der Waals surface area contributed by atoms with E-state index in [9.17, 15) is 0 Å². The molecule has 0 saturated heterocycles. The van der Waals surface area contributed by atoms with Gasteiger partial charge in [0.05, 0.1) is 0 Å². The molecule has 0 saturated carbocycles. The lowest BCUT2D eigenvalue weighted by Crippen LogP contribution is -2.10. The molecule has 3 N–H and O–H groups in total. The normalized spacial score (nSPS) is 8.83. The quantitative estimate of drug-likeness (QED) is 0.536. The predicted molar refractivity (Wildman–Crippen MR) is 54.5 cm³/mol. The number of aryl methyl sites for hydroxylation is 1. The van der Waals surface area contributed by atoms with E-state index in [1.54, 1.807) is 18.2 Å². The Morgan fingerprint density at radius 3 is 2.50 bits per heavy atom. The third kappa shape index (κ3) is 2.40. The van der Waals surface area contributed by atoms with Gasteiger partial charge in [-0.05, 0) is 30.7 Å². The van der Waals surface area contributed by atoms with Crippen molar-refractivity contribution >= 4 is 29.8 Å². The van der Waals surface area contributed by atoms with E-state index in [-0.39, 0.29) is 18.2 Å². The van der Waals surface area contributed by atoms with Crippen LogP contribution in [0.2, 0.25) is 5.02 Å². The fraction of sp³-hybridized carbons (Fsp3) is 0.125. The second kappa shape index (κ2) is 4.33. The van der Waals surface area contributed by atoms with Crippen LogP contribution in [0.5, 0.6) is 0 Å². The first kappa shape index (κ1) is 11.3. The van der Waals surface area contributed by atoms with Crippen LogP contribution in [0.1, 0.15) is 11.1 Å². The lowest BCUT2D eigenvalue weighted by molar-refractivity contribution is 1.39. The highest BCUT2D eigenvalue weighted by molar-refractivity contribution is 6.31. The SMILES string of the molecule is Cc1cc(C(=N)N)ccc1Cl.Cl. The third-order valence-corrected chi connectivity index (χ3v) is 1.89. The zero-order valence-electron chi connectivity index (χ0n) is 6.60. The largest absolute Gasteiger partial charge is 0.384 e. The highest BCUT2D eigenvalue weighted by Gasteiger charge is 1.98. The molecule has 66 valence electrons. The molecule has 0 aliphatic heterocycles. The number of nitrogens with two attached hydrogens (primary N) is 1. The number of halogens is 2. The third-order valence-electron chi connectivity index (χ3n) is 1.47. The molecule has 4 heteroatoms. The molecular weight excluding hydrogens is 195 g/mol. The number of nitrogens with one attached hydrogen (secondary N) is 1. The Kier molecular flexibility index (Phi) is 4.07. The van der Waals surface area contributed by atoms with E-state index >= 15 is 0 Å². The van der Waals surface area contributed by atoms with Gasteiger partial charge in [-0.3, -0.25) is 5.41 Å². The van der Waals surface area contributed by atoms with Crippen LogP contribution in [0, 0.1) is 12.3 Å². The van der Waals surface area contributed by atoms with Gasteiger partial charge in [0.1, 0.15) is 5.84 Å². The first-order valence-electron chi connectivity index (χ1n) is 3.22. The van der Waals surface area contributed by atoms with Crippen molar-refractivity contribution in [1.29, 1.82) is 5.41 Å². The first-order valence-corrected chi connectivity index (χ1v) is 3.59. The van der Waals surface area contributed by atoms with Crippen molar-refractivity contribution in [2.75, 3.05) is 0 Å². The van der Waals surface area contributed by atoms with Crippen molar-refractivity contribution in [3.05, 3.63) is 34.3 Å². The Bertz CT molecular complexity index is 297. The number of nitrogen functional groups attached to an aromatic ring is 1. The van der Waals surface area contributed by atoms with E-state index in [1.165, 1.54) is 0 Å². The molecular formula is C8H10Cl2N2. The molecule has 0 radical (unpaired) electrons. The summed E-state index contributed by atoms with van der Waals surface area (Å²) in [4.78, 5) is 0. The Morgan fingerprint density at radius 1 is 1.50 bits per heavy atom. The minimum absolute atomic E-state index is 0. The molecule has 0 fully saturated rings. The molecule has 0 atom stereocenters. The van der Waals surface area contributed by atoms with Gasteiger partial charge < -0.3 is 5.73 Å². The number of hydrogen-bond donors (Lipinski definition) is 2. The standard InChI is InChI=1S/C8H9ClN2.ClH/c1-5-4-6(8(10)11)2-3-7(5)9;/h2-4H,1H3,(H3,10,11);1H. The van der Waals surface area contributed by atoms with Gasteiger partial charge in [0.2, 0.25) is 0 Å². The summed E-state index contributed by atoms with van der Waals surface area (Å²) in [7, 11) is 0. The summed E-state index contributed by atoms with van der Waals surface area (Å²) in [6.07, 6.45) is 0. The number of benzene rings is 1. The highest BCUT2D eigenvalue weighted by atomic mass is 35.5. The van der Waals surface area contributed by atoms with Gasteiger partial charge in [0.25, 0.3) is 0 Å². The Hall–Kier alpha value is -0.730. The fourth-order valence-corrected chi connectivity index (χ4v) is 0.930. The fourth-order valence-electron chi connectivity index (χ4n) is 0.812. The van der Waals surface area contributed by atoms with Crippen LogP contribution in [0.15, 0.2) is 18.2 Å². The summed E-state index contributed by atoms with van der Waals surface area (Å²) in [6.45, 7) is 1.88. The van der Waals surface area contributed by atoms with Crippen LogP contribution in [0.4, 0.5) is 0 Å². The molecule has 1 rings (SSSR count). The number of rotatable bonds is 1. The maximum Gasteiger partial charge on any atom is 0.122 e. The summed E-state index contributed by atoms with van der Waals surface area (Å²) in [6, 6.07) is 5.27. The molecule has 1 aromatic rings. The maximum absolute atomic E-state index is 7.14. The van der Waals surface area contributed by atoms with Gasteiger partial charge in [-0.1, -0.05) is 11.6 Å². The summed E-state index contributed by atoms with van der Waals surface area (Å²) in [5.41, 5.74) is 6.93. The van der Waals surface area contributed by atoms with E-state index in [4.69, 9.17) is 22.7 Å². The molecule has 0 heterocycles. The Morgan fingerprint density at radius 2 is 2.08 bits per heavy atom. The smallest absolute Gasteiger partial charge is 0.122 e. The molecule has 2 nitrogen and oxygen atoms in total. The van der Waals surface area contributed by atoms with Gasteiger partial charge in [-0.2, -0.15) is 0 Å². The van der Waals surface area contributed by atoms with Crippen molar-refractivity contribution < 1.29 is 0 Å². The molecule has 0 aromatic heterocycles. The van der Waals surface area contributed by atoms with E-state index < -0.39 is 0 Å². The van der Waals surface area contributed by atoms with Crippen LogP contribution in [0.25, 0.3) is 0 Å². The van der Waals surface area contributed by atoms with Crippen molar-refractivity contribution in [3.8, 4) is 0 Å². The molecule has 1 aromatic carbocycles. The molecule has 0 amide bonds. The topological polar surface area (TPSA) is 49.9 Å². The molecule has 0 bridgehead atoms. The average molecular weight is 205 g/mol. The molecule has 12 heavy (non-hydrogen) atoms. The zero-order valence-corrected chi connectivity index (χ0v) is 8.17. The minimum Gasteiger partial charge on any atom is -0.384 e. The summed E-state index contributed by atoms with van der Waals surface area (Å²) < 4.78 is 0. The monoisotopic (exact) mass is 204 g/mol. The van der Waals surface area contributed by atoms with E-state index in [0.717, 1.165) is 5.56 Å². The minimum atomic E-state index is 0. The van der Waals surface area contributed by atoms with Crippen molar-refractivity contribution in [1.82, 2.24) is 0 Å². The molecule has 0 spiro atoms. The van der Waals surface area contributed by atoms with Crippen molar-refractivity contribution in [3.63, 3.8) is 0 Å². The molecule has 0 aliphatic carbocycles. The van der Waals surface area contributed by atoms with E-state index in [0.29, 0.717) is 10.6 Å². The molecule has 0 unspecified atom stereocenters. The summed E-state index contributed by atoms with van der Waals surface area (Å²) in [5.74, 6) is 0.0739. The Balaban J connectivity index is 0.00000121. The predicted octanol–water partition coefficient (Wildman–Crippen LogP) is 2.35. The van der Waals surface area contributed by atoms with Crippen LogP contribution in [0.3, 0.4) is 0 Å². The van der Waals surface area contributed by atoms with E-state index in [1.807, 2.05) is 6.92 Å². The lowest BCUT2D eigenvalue weighted by atomic mass is 10.1. The van der Waals surface area contributed by atoms with Crippen molar-refractivity contribution in [2.24, 2.45) is 5.73 Å². The number of hydrogen-bond acceptors (Lipinski definition) is 1. The first-order chi connectivity index (χ1) is 5.11. The van der Waals surface area contributed by atoms with Crippen LogP contribution < -0.4 is 5.73 Å². The summed E-state index contributed by atoms with van der Waals surface area (Å²) >= 11 is 5.77.